The SMILES string of the molecule is C1CNCCN1.O=P([O-])([O-])OP(=O)(O)O.[Mg+2]. The van der Waals surface area contributed by atoms with E-state index in [4.69, 9.17) is 9.79 Å². The van der Waals surface area contributed by atoms with Crippen LogP contribution in [0.5, 0.6) is 0 Å². The molecular weight excluding hydrogens is 274 g/mol. The first-order valence-corrected chi connectivity index (χ1v) is 6.90. The Morgan fingerprint density at radius 3 is 1.38 bits per heavy atom. The number of phosphoric acid groups is 2. The van der Waals surface area contributed by atoms with Crippen LogP contribution in [-0.4, -0.2) is 59.0 Å². The molecule has 0 bridgehead atoms. The zero-order valence-electron chi connectivity index (χ0n) is 8.37. The summed E-state index contributed by atoms with van der Waals surface area (Å²) in [6.07, 6.45) is 0. The molecule has 0 saturated carbocycles. The molecule has 0 spiro atoms. The van der Waals surface area contributed by atoms with Crippen molar-refractivity contribution in [1.82, 2.24) is 10.6 Å². The molecule has 16 heavy (non-hydrogen) atoms. The van der Waals surface area contributed by atoms with E-state index in [0.29, 0.717) is 0 Å². The van der Waals surface area contributed by atoms with Crippen molar-refractivity contribution in [3.63, 3.8) is 0 Å². The van der Waals surface area contributed by atoms with Crippen molar-refractivity contribution >= 4 is 38.7 Å². The molecule has 0 aromatic carbocycles. The number of hydrogen-bond donors (Lipinski definition) is 4. The Bertz CT molecular complexity index is 230. The van der Waals surface area contributed by atoms with Crippen LogP contribution < -0.4 is 20.4 Å². The third-order valence-electron chi connectivity index (χ3n) is 1.16. The maximum absolute atomic E-state index is 9.55. The molecule has 1 fully saturated rings. The van der Waals surface area contributed by atoms with Crippen LogP contribution >= 0.6 is 15.6 Å². The van der Waals surface area contributed by atoms with E-state index in [-0.39, 0.29) is 23.1 Å². The molecular formula is C4H12MgN2O7P2. The zero-order valence-corrected chi connectivity index (χ0v) is 11.6. The van der Waals surface area contributed by atoms with E-state index >= 15 is 0 Å². The van der Waals surface area contributed by atoms with Crippen LogP contribution in [0.3, 0.4) is 0 Å². The van der Waals surface area contributed by atoms with E-state index in [0.717, 1.165) is 26.2 Å². The van der Waals surface area contributed by atoms with Crippen LogP contribution in [0.1, 0.15) is 0 Å². The molecule has 92 valence electrons. The summed E-state index contributed by atoms with van der Waals surface area (Å²) in [5.74, 6) is 0. The monoisotopic (exact) mass is 286 g/mol. The fourth-order valence-electron chi connectivity index (χ4n) is 0.734. The van der Waals surface area contributed by atoms with Crippen molar-refractivity contribution in [1.29, 1.82) is 0 Å². The van der Waals surface area contributed by atoms with Crippen LogP contribution in [-0.2, 0) is 13.4 Å². The first-order chi connectivity index (χ1) is 6.71. The predicted molar refractivity (Wildman–Crippen MR) is 52.2 cm³/mol. The van der Waals surface area contributed by atoms with Crippen molar-refractivity contribution in [2.75, 3.05) is 26.2 Å². The summed E-state index contributed by atoms with van der Waals surface area (Å²) in [6.45, 7) is 4.56. The molecule has 0 aromatic rings. The van der Waals surface area contributed by atoms with E-state index in [1.807, 2.05) is 0 Å². The molecule has 12 heteroatoms. The zero-order chi connectivity index (χ0) is 11.9. The van der Waals surface area contributed by atoms with Gasteiger partial charge in [-0.2, -0.15) is 0 Å². The number of hydrogen-bond acceptors (Lipinski definition) is 7. The molecule has 1 saturated heterocycles. The number of piperazine rings is 1. The summed E-state index contributed by atoms with van der Waals surface area (Å²) in [5.41, 5.74) is 0. The Hall–Kier alpha value is 0.946. The van der Waals surface area contributed by atoms with Gasteiger partial charge in [-0.3, -0.25) is 4.31 Å². The van der Waals surface area contributed by atoms with Gasteiger partial charge >= 0.3 is 30.9 Å². The topological polar surface area (TPSA) is 154 Å². The smallest absolute Gasteiger partial charge is 0.789 e. The molecule has 4 N–H and O–H groups in total. The predicted octanol–water partition coefficient (Wildman–Crippen LogP) is -3.28. The fraction of sp³-hybridized carbons (Fsp3) is 1.00. The Kier molecular flexibility index (Phi) is 10.8. The fourth-order valence-corrected chi connectivity index (χ4v) is 1.78. The summed E-state index contributed by atoms with van der Waals surface area (Å²) in [4.78, 5) is 34.1. The van der Waals surface area contributed by atoms with Crippen molar-refractivity contribution in [3.05, 3.63) is 0 Å². The Balaban J connectivity index is 0. The Morgan fingerprint density at radius 2 is 1.31 bits per heavy atom. The van der Waals surface area contributed by atoms with Gasteiger partial charge in [0.05, 0.1) is 7.82 Å². The van der Waals surface area contributed by atoms with Crippen LogP contribution in [0.15, 0.2) is 0 Å². The first kappa shape index (κ1) is 19.3. The van der Waals surface area contributed by atoms with Gasteiger partial charge in [-0.1, -0.05) is 0 Å². The minimum absolute atomic E-state index is 0. The van der Waals surface area contributed by atoms with Gasteiger partial charge in [0.25, 0.3) is 0 Å². The molecule has 0 radical (unpaired) electrons. The molecule has 9 nitrogen and oxygen atoms in total. The molecule has 0 aliphatic carbocycles. The third-order valence-corrected chi connectivity index (χ3v) is 2.81. The van der Waals surface area contributed by atoms with Crippen molar-refractivity contribution in [2.24, 2.45) is 0 Å². The molecule has 0 atom stereocenters. The molecule has 1 aliphatic rings. The van der Waals surface area contributed by atoms with Crippen molar-refractivity contribution < 1.29 is 33.0 Å². The third kappa shape index (κ3) is 17.3. The summed E-state index contributed by atoms with van der Waals surface area (Å²) < 4.78 is 21.7. The van der Waals surface area contributed by atoms with E-state index in [9.17, 15) is 18.9 Å². The molecule has 0 amide bonds. The summed E-state index contributed by atoms with van der Waals surface area (Å²) >= 11 is 0. The molecule has 1 heterocycles. The van der Waals surface area contributed by atoms with Crippen LogP contribution in [0.4, 0.5) is 0 Å². The number of rotatable bonds is 2. The van der Waals surface area contributed by atoms with Gasteiger partial charge in [0.1, 0.15) is 0 Å². The van der Waals surface area contributed by atoms with Gasteiger partial charge < -0.3 is 34.8 Å². The Morgan fingerprint density at radius 1 is 1.00 bits per heavy atom. The molecule has 1 aliphatic heterocycles. The summed E-state index contributed by atoms with van der Waals surface area (Å²) in [6, 6.07) is 0. The quantitative estimate of drug-likeness (QED) is 0.302. The van der Waals surface area contributed by atoms with Crippen molar-refractivity contribution in [3.8, 4) is 0 Å². The second kappa shape index (κ2) is 8.95. The first-order valence-electron chi connectivity index (χ1n) is 3.91. The molecule has 0 aromatic heterocycles. The van der Waals surface area contributed by atoms with Crippen LogP contribution in [0.2, 0.25) is 0 Å². The van der Waals surface area contributed by atoms with Crippen LogP contribution in [0, 0.1) is 0 Å². The second-order valence-electron chi connectivity index (χ2n) is 2.52. The van der Waals surface area contributed by atoms with Gasteiger partial charge in [-0.15, -0.1) is 0 Å². The maximum atomic E-state index is 9.55. The van der Waals surface area contributed by atoms with Gasteiger partial charge in [0.15, 0.2) is 0 Å². The normalized spacial score (nSPS) is 16.8. The van der Waals surface area contributed by atoms with Crippen LogP contribution in [0.25, 0.3) is 0 Å². The standard InChI is InChI=1S/C4H10N2.Mg.H4O7P2/c1-2-6-4-3-5-1;;1-8(2,3)7-9(4,5)6/h5-6H,1-4H2;;(H2,1,2,3)(H2,4,5,6)/q;+2;/p-2. The number of nitrogens with one attached hydrogen (secondary N) is 2. The van der Waals surface area contributed by atoms with Gasteiger partial charge in [-0.05, 0) is 0 Å². The van der Waals surface area contributed by atoms with E-state index < -0.39 is 15.6 Å². The van der Waals surface area contributed by atoms with E-state index in [1.54, 1.807) is 0 Å². The largest absolute Gasteiger partial charge is 2.00 e. The second-order valence-corrected chi connectivity index (χ2v) is 5.05. The van der Waals surface area contributed by atoms with Gasteiger partial charge in [-0.25, -0.2) is 4.57 Å². The minimum atomic E-state index is -5.55. The average molecular weight is 286 g/mol. The van der Waals surface area contributed by atoms with E-state index in [2.05, 4.69) is 14.9 Å². The maximum Gasteiger partial charge on any atom is 2.00 e. The average Bonchev–Trinajstić information content (AvgIpc) is 2.01. The summed E-state index contributed by atoms with van der Waals surface area (Å²) in [7, 11) is -10.7. The van der Waals surface area contributed by atoms with Crippen molar-refractivity contribution in [2.45, 2.75) is 0 Å². The minimum Gasteiger partial charge on any atom is -0.789 e. The van der Waals surface area contributed by atoms with Gasteiger partial charge in [0.2, 0.25) is 0 Å². The molecule has 0 unspecified atom stereocenters. The van der Waals surface area contributed by atoms with Gasteiger partial charge in [0, 0.05) is 26.2 Å². The summed E-state index contributed by atoms with van der Waals surface area (Å²) in [5, 5.41) is 6.44. The molecule has 1 rings (SSSR count). The van der Waals surface area contributed by atoms with E-state index in [1.165, 1.54) is 0 Å². The Labute approximate surface area is 109 Å².